The zero-order chi connectivity index (χ0) is 11.3. The molecule has 0 saturated heterocycles. The normalized spacial score (nSPS) is 9.20. The zero-order valence-electron chi connectivity index (χ0n) is 8.00. The fourth-order valence-electron chi connectivity index (χ4n) is 0.894. The number of anilines is 1. The van der Waals surface area contributed by atoms with Crippen LogP contribution in [0.3, 0.4) is 0 Å². The van der Waals surface area contributed by atoms with E-state index in [0.717, 1.165) is 0 Å². The van der Waals surface area contributed by atoms with Crippen molar-refractivity contribution in [3.63, 3.8) is 0 Å². The molecule has 1 rings (SSSR count). The first-order valence-electron chi connectivity index (χ1n) is 4.17. The van der Waals surface area contributed by atoms with Crippen LogP contribution < -0.4 is 16.0 Å². The largest absolute Gasteiger partial charge is 0.365 e. The zero-order valence-corrected chi connectivity index (χ0v) is 8.82. The van der Waals surface area contributed by atoms with Crippen LogP contribution in [0.25, 0.3) is 0 Å². The van der Waals surface area contributed by atoms with E-state index in [1.54, 1.807) is 13.1 Å². The Morgan fingerprint density at radius 3 is 2.80 bits per heavy atom. The Balaban J connectivity index is 2.55. The average Bonchev–Trinajstić information content (AvgIpc) is 2.17. The molecule has 80 valence electrons. The van der Waals surface area contributed by atoms with E-state index < -0.39 is 11.8 Å². The van der Waals surface area contributed by atoms with E-state index in [1.165, 1.54) is 18.2 Å². The molecule has 0 bridgehead atoms. The van der Waals surface area contributed by atoms with E-state index in [1.807, 2.05) is 0 Å². The molecule has 4 nitrogen and oxygen atoms in total. The highest BCUT2D eigenvalue weighted by Crippen LogP contribution is 2.08. The molecule has 0 unspecified atom stereocenters. The quantitative estimate of drug-likeness (QED) is 0.636. The molecule has 6 heteroatoms. The Morgan fingerprint density at radius 2 is 2.20 bits per heavy atom. The molecular weight excluding hydrogens is 217 g/mol. The molecule has 1 aromatic rings. The summed E-state index contributed by atoms with van der Waals surface area (Å²) < 4.78 is 12.7. The Hall–Kier alpha value is -1.69. The first-order valence-corrected chi connectivity index (χ1v) is 4.58. The minimum absolute atomic E-state index is 0.198. The van der Waals surface area contributed by atoms with Gasteiger partial charge < -0.3 is 10.6 Å². The van der Waals surface area contributed by atoms with Crippen molar-refractivity contribution in [2.75, 3.05) is 12.4 Å². The van der Waals surface area contributed by atoms with Gasteiger partial charge in [0.2, 0.25) is 0 Å². The van der Waals surface area contributed by atoms with Crippen molar-refractivity contribution in [1.82, 2.24) is 10.6 Å². The number of hydrogen-bond donors (Lipinski definition) is 3. The van der Waals surface area contributed by atoms with Crippen molar-refractivity contribution < 1.29 is 9.18 Å². The fraction of sp³-hybridized carbons (Fsp3) is 0.111. The van der Waals surface area contributed by atoms with Gasteiger partial charge in [-0.25, -0.2) is 9.18 Å². The van der Waals surface area contributed by atoms with Crippen molar-refractivity contribution in [3.8, 4) is 0 Å². The van der Waals surface area contributed by atoms with E-state index in [0.29, 0.717) is 5.69 Å². The topological polar surface area (TPSA) is 53.2 Å². The summed E-state index contributed by atoms with van der Waals surface area (Å²) in [6.07, 6.45) is 0. The standard InChI is InChI=1S/C9H10FN3OS/c1-11-9(15)13-8(14)12-7-4-2-3-6(10)5-7/h2-5H,1H3,(H3,11,12,13,14,15). The molecular formula is C9H10FN3OS. The molecule has 3 N–H and O–H groups in total. The molecule has 0 spiro atoms. The van der Waals surface area contributed by atoms with Crippen LogP contribution in [-0.4, -0.2) is 18.2 Å². The van der Waals surface area contributed by atoms with Gasteiger partial charge in [-0.1, -0.05) is 6.07 Å². The first-order chi connectivity index (χ1) is 7.11. The van der Waals surface area contributed by atoms with Gasteiger partial charge in [0.1, 0.15) is 5.82 Å². The Bertz CT molecular complexity index is 383. The third-order valence-electron chi connectivity index (χ3n) is 1.54. The van der Waals surface area contributed by atoms with E-state index in [-0.39, 0.29) is 5.11 Å². The fourth-order valence-corrected chi connectivity index (χ4v) is 0.987. The molecule has 0 aliphatic carbocycles. The van der Waals surface area contributed by atoms with Crippen LogP contribution in [0.2, 0.25) is 0 Å². The van der Waals surface area contributed by atoms with Crippen LogP contribution in [0.15, 0.2) is 24.3 Å². The average molecular weight is 227 g/mol. The van der Waals surface area contributed by atoms with Gasteiger partial charge in [0.05, 0.1) is 0 Å². The smallest absolute Gasteiger partial charge is 0.325 e. The molecule has 2 amide bonds. The summed E-state index contributed by atoms with van der Waals surface area (Å²) in [6, 6.07) is 5.07. The summed E-state index contributed by atoms with van der Waals surface area (Å²) in [5.41, 5.74) is 0.367. The first kappa shape index (κ1) is 11.4. The summed E-state index contributed by atoms with van der Waals surface area (Å²) in [7, 11) is 1.59. The van der Waals surface area contributed by atoms with Crippen molar-refractivity contribution in [2.24, 2.45) is 0 Å². The number of thiocarbonyl (C=S) groups is 1. The summed E-state index contributed by atoms with van der Waals surface area (Å²) in [6.45, 7) is 0. The lowest BCUT2D eigenvalue weighted by Crippen LogP contribution is -2.39. The predicted molar refractivity (Wildman–Crippen MR) is 60.2 cm³/mol. The van der Waals surface area contributed by atoms with Crippen molar-refractivity contribution in [3.05, 3.63) is 30.1 Å². The van der Waals surface area contributed by atoms with Gasteiger partial charge in [0, 0.05) is 12.7 Å². The number of amides is 2. The Kier molecular flexibility index (Phi) is 3.99. The van der Waals surface area contributed by atoms with Crippen molar-refractivity contribution in [1.29, 1.82) is 0 Å². The molecule has 1 aromatic carbocycles. The lowest BCUT2D eigenvalue weighted by Gasteiger charge is -2.07. The van der Waals surface area contributed by atoms with E-state index >= 15 is 0 Å². The van der Waals surface area contributed by atoms with Gasteiger partial charge in [-0.3, -0.25) is 5.32 Å². The van der Waals surface area contributed by atoms with Crippen LogP contribution >= 0.6 is 12.2 Å². The number of halogens is 1. The number of hydrogen-bond acceptors (Lipinski definition) is 2. The number of carbonyl (C=O) groups is 1. The SMILES string of the molecule is CNC(=S)NC(=O)Nc1cccc(F)c1. The number of rotatable bonds is 1. The highest BCUT2D eigenvalue weighted by atomic mass is 32.1. The van der Waals surface area contributed by atoms with Gasteiger partial charge in [-0.2, -0.15) is 0 Å². The van der Waals surface area contributed by atoms with E-state index in [2.05, 4.69) is 16.0 Å². The van der Waals surface area contributed by atoms with Gasteiger partial charge in [-0.15, -0.1) is 0 Å². The molecule has 0 aliphatic rings. The molecule has 0 fully saturated rings. The molecule has 15 heavy (non-hydrogen) atoms. The summed E-state index contributed by atoms with van der Waals surface area (Å²) in [4.78, 5) is 11.2. The Labute approximate surface area is 91.9 Å². The van der Waals surface area contributed by atoms with E-state index in [4.69, 9.17) is 12.2 Å². The van der Waals surface area contributed by atoms with Crippen LogP contribution in [0.4, 0.5) is 14.9 Å². The highest BCUT2D eigenvalue weighted by molar-refractivity contribution is 7.80. The maximum atomic E-state index is 12.7. The molecule has 0 heterocycles. The maximum absolute atomic E-state index is 12.7. The molecule has 0 atom stereocenters. The van der Waals surface area contributed by atoms with Gasteiger partial charge in [0.25, 0.3) is 0 Å². The minimum Gasteiger partial charge on any atom is -0.365 e. The van der Waals surface area contributed by atoms with Crippen LogP contribution in [-0.2, 0) is 0 Å². The van der Waals surface area contributed by atoms with Crippen molar-refractivity contribution >= 4 is 29.0 Å². The van der Waals surface area contributed by atoms with E-state index in [9.17, 15) is 9.18 Å². The minimum atomic E-state index is -0.514. The third-order valence-corrected chi connectivity index (χ3v) is 1.84. The van der Waals surface area contributed by atoms with Crippen LogP contribution in [0.1, 0.15) is 0 Å². The lowest BCUT2D eigenvalue weighted by atomic mass is 10.3. The highest BCUT2D eigenvalue weighted by Gasteiger charge is 2.03. The summed E-state index contributed by atoms with van der Waals surface area (Å²) in [5, 5.41) is 7.55. The maximum Gasteiger partial charge on any atom is 0.325 e. The second-order valence-electron chi connectivity index (χ2n) is 2.67. The van der Waals surface area contributed by atoms with Gasteiger partial charge >= 0.3 is 6.03 Å². The number of benzene rings is 1. The second kappa shape index (κ2) is 5.26. The number of nitrogens with one attached hydrogen (secondary N) is 3. The number of carbonyl (C=O) groups excluding carboxylic acids is 1. The molecule has 0 aliphatic heterocycles. The predicted octanol–water partition coefficient (Wildman–Crippen LogP) is 1.45. The molecule has 0 aromatic heterocycles. The summed E-state index contributed by atoms with van der Waals surface area (Å²) in [5.74, 6) is -0.413. The monoisotopic (exact) mass is 227 g/mol. The number of urea groups is 1. The van der Waals surface area contributed by atoms with Gasteiger partial charge in [-0.05, 0) is 30.4 Å². The molecule has 0 saturated carbocycles. The third kappa shape index (κ3) is 3.90. The molecule has 0 radical (unpaired) electrons. The second-order valence-corrected chi connectivity index (χ2v) is 3.08. The lowest BCUT2D eigenvalue weighted by molar-refractivity contribution is 0.256. The van der Waals surface area contributed by atoms with Gasteiger partial charge in [0.15, 0.2) is 5.11 Å². The Morgan fingerprint density at radius 1 is 1.47 bits per heavy atom. The summed E-state index contributed by atoms with van der Waals surface area (Å²) >= 11 is 4.72. The van der Waals surface area contributed by atoms with Crippen molar-refractivity contribution in [2.45, 2.75) is 0 Å². The van der Waals surface area contributed by atoms with Crippen LogP contribution in [0, 0.1) is 5.82 Å². The van der Waals surface area contributed by atoms with Crippen LogP contribution in [0.5, 0.6) is 0 Å².